The predicted octanol–water partition coefficient (Wildman–Crippen LogP) is 3.89. The van der Waals surface area contributed by atoms with Gasteiger partial charge in [-0.3, -0.25) is 0 Å². The molecule has 0 saturated heterocycles. The van der Waals surface area contributed by atoms with Crippen molar-refractivity contribution in [2.45, 2.75) is 0 Å². The molecule has 2 aromatic heterocycles. The molecule has 0 spiro atoms. The first-order chi connectivity index (χ1) is 10.8. The van der Waals surface area contributed by atoms with E-state index in [-0.39, 0.29) is 10.6 Å². The molecule has 7 heteroatoms. The van der Waals surface area contributed by atoms with E-state index in [9.17, 15) is 4.39 Å². The summed E-state index contributed by atoms with van der Waals surface area (Å²) >= 11 is 5.11. The highest BCUT2D eigenvalue weighted by atomic mass is 32.1. The van der Waals surface area contributed by atoms with Crippen LogP contribution in [0.1, 0.15) is 5.76 Å². The lowest BCUT2D eigenvalue weighted by Gasteiger charge is -2.01. The van der Waals surface area contributed by atoms with Crippen molar-refractivity contribution < 1.29 is 8.81 Å². The lowest BCUT2D eigenvalue weighted by molar-refractivity contribution is 0.557. The average molecular weight is 314 g/mol. The Morgan fingerprint density at radius 3 is 2.91 bits per heavy atom. The maximum atomic E-state index is 13.9. The van der Waals surface area contributed by atoms with Crippen molar-refractivity contribution in [1.82, 2.24) is 14.9 Å². The Labute approximate surface area is 130 Å². The average Bonchev–Trinajstić information content (AvgIpc) is 3.15. The van der Waals surface area contributed by atoms with Crippen molar-refractivity contribution in [3.05, 3.63) is 65.1 Å². The number of hydrogen-bond donors (Lipinski definition) is 1. The van der Waals surface area contributed by atoms with Gasteiger partial charge in [0, 0.05) is 6.21 Å². The van der Waals surface area contributed by atoms with Gasteiger partial charge in [-0.2, -0.15) is 14.9 Å². The number of benzene rings is 1. The summed E-state index contributed by atoms with van der Waals surface area (Å²) in [6.07, 6.45) is 6.55. The summed E-state index contributed by atoms with van der Waals surface area (Å²) < 4.78 is 20.7. The zero-order valence-corrected chi connectivity index (χ0v) is 12.1. The highest BCUT2D eigenvalue weighted by Gasteiger charge is 2.11. The van der Waals surface area contributed by atoms with E-state index < -0.39 is 0 Å². The maximum absolute atomic E-state index is 13.9. The molecule has 0 radical (unpaired) electrons. The first kappa shape index (κ1) is 14.2. The van der Waals surface area contributed by atoms with E-state index in [0.29, 0.717) is 17.1 Å². The Hall–Kier alpha value is -2.80. The van der Waals surface area contributed by atoms with E-state index in [4.69, 9.17) is 16.6 Å². The van der Waals surface area contributed by atoms with Gasteiger partial charge in [-0.25, -0.2) is 9.49 Å². The lowest BCUT2D eigenvalue weighted by Crippen LogP contribution is -1.95. The number of aromatic nitrogens is 3. The molecule has 2 heterocycles. The molecule has 5 nitrogen and oxygen atoms in total. The van der Waals surface area contributed by atoms with Crippen LogP contribution in [-0.2, 0) is 0 Å². The SMILES string of the molecule is Fc1ccccc1-c1n[nH]c(=S)n1/N=C\C=C\c1ccco1. The predicted molar refractivity (Wildman–Crippen MR) is 84.4 cm³/mol. The van der Waals surface area contributed by atoms with E-state index in [1.807, 2.05) is 6.07 Å². The fraction of sp³-hybridized carbons (Fsp3) is 0. The molecule has 0 atom stereocenters. The molecule has 110 valence electrons. The standard InChI is InChI=1S/C15H11FN4OS/c16-13-8-2-1-7-12(13)14-18-19-15(22)20(14)17-9-3-5-11-6-4-10-21-11/h1-10H,(H,19,22)/b5-3+,17-9-. The van der Waals surface area contributed by atoms with Gasteiger partial charge >= 0.3 is 0 Å². The largest absolute Gasteiger partial charge is 0.465 e. The summed E-state index contributed by atoms with van der Waals surface area (Å²) in [7, 11) is 0. The Balaban J connectivity index is 1.90. The Morgan fingerprint density at radius 1 is 1.27 bits per heavy atom. The summed E-state index contributed by atoms with van der Waals surface area (Å²) in [5.41, 5.74) is 0.321. The second-order valence-corrected chi connectivity index (χ2v) is 4.67. The first-order valence-electron chi connectivity index (χ1n) is 6.42. The highest BCUT2D eigenvalue weighted by molar-refractivity contribution is 7.71. The van der Waals surface area contributed by atoms with E-state index in [1.54, 1.807) is 42.7 Å². The molecule has 0 aliphatic carbocycles. The van der Waals surface area contributed by atoms with Gasteiger partial charge < -0.3 is 4.42 Å². The van der Waals surface area contributed by atoms with Crippen LogP contribution in [0.4, 0.5) is 4.39 Å². The van der Waals surface area contributed by atoms with E-state index in [1.165, 1.54) is 17.0 Å². The van der Waals surface area contributed by atoms with Crippen molar-refractivity contribution >= 4 is 24.5 Å². The van der Waals surface area contributed by atoms with Crippen LogP contribution in [0, 0.1) is 10.6 Å². The van der Waals surface area contributed by atoms with Crippen molar-refractivity contribution in [3.8, 4) is 11.4 Å². The fourth-order valence-electron chi connectivity index (χ4n) is 1.84. The van der Waals surface area contributed by atoms with Crippen LogP contribution in [0.3, 0.4) is 0 Å². The Bertz CT molecular complexity index is 877. The van der Waals surface area contributed by atoms with Crippen LogP contribution in [0.15, 0.2) is 58.3 Å². The molecule has 3 rings (SSSR count). The number of nitrogens with one attached hydrogen (secondary N) is 1. The molecule has 0 aliphatic rings. The number of aromatic amines is 1. The van der Waals surface area contributed by atoms with Gasteiger partial charge in [0.15, 0.2) is 5.82 Å². The van der Waals surface area contributed by atoms with Crippen molar-refractivity contribution in [3.63, 3.8) is 0 Å². The van der Waals surface area contributed by atoms with Crippen molar-refractivity contribution in [2.75, 3.05) is 0 Å². The summed E-state index contributed by atoms with van der Waals surface area (Å²) in [5.74, 6) is 0.626. The topological polar surface area (TPSA) is 59.1 Å². The van der Waals surface area contributed by atoms with E-state index >= 15 is 0 Å². The van der Waals surface area contributed by atoms with Crippen LogP contribution in [0.2, 0.25) is 0 Å². The summed E-state index contributed by atoms with van der Waals surface area (Å²) in [6.45, 7) is 0. The van der Waals surface area contributed by atoms with Gasteiger partial charge in [0.25, 0.3) is 0 Å². The normalized spacial score (nSPS) is 11.7. The molecule has 3 aromatic rings. The Morgan fingerprint density at radius 2 is 2.14 bits per heavy atom. The summed E-state index contributed by atoms with van der Waals surface area (Å²) in [4.78, 5) is 0. The second-order valence-electron chi connectivity index (χ2n) is 4.28. The molecule has 0 unspecified atom stereocenters. The Kier molecular flexibility index (Phi) is 4.06. The summed E-state index contributed by atoms with van der Waals surface area (Å²) in [6, 6.07) is 9.92. The summed E-state index contributed by atoms with van der Waals surface area (Å²) in [5, 5.41) is 10.8. The second kappa shape index (κ2) is 6.31. The number of H-pyrrole nitrogens is 1. The minimum Gasteiger partial charge on any atom is -0.465 e. The third kappa shape index (κ3) is 2.94. The number of allylic oxidation sites excluding steroid dienone is 1. The molecular formula is C15H11FN4OS. The number of hydrogen-bond acceptors (Lipinski definition) is 4. The van der Waals surface area contributed by atoms with Crippen LogP contribution in [0.5, 0.6) is 0 Å². The van der Waals surface area contributed by atoms with Crippen LogP contribution in [0.25, 0.3) is 17.5 Å². The molecule has 0 aliphatic heterocycles. The lowest BCUT2D eigenvalue weighted by atomic mass is 10.2. The number of rotatable bonds is 4. The molecule has 0 bridgehead atoms. The third-order valence-electron chi connectivity index (χ3n) is 2.84. The zero-order chi connectivity index (χ0) is 15.4. The highest BCUT2D eigenvalue weighted by Crippen LogP contribution is 2.20. The van der Waals surface area contributed by atoms with Crippen molar-refractivity contribution in [2.24, 2.45) is 5.10 Å². The van der Waals surface area contributed by atoms with Gasteiger partial charge in [0.2, 0.25) is 4.77 Å². The van der Waals surface area contributed by atoms with E-state index in [2.05, 4.69) is 15.3 Å². The number of nitrogens with zero attached hydrogens (tertiary/aromatic N) is 3. The first-order valence-corrected chi connectivity index (χ1v) is 6.83. The maximum Gasteiger partial charge on any atom is 0.216 e. The number of halogens is 1. The van der Waals surface area contributed by atoms with Crippen molar-refractivity contribution in [1.29, 1.82) is 0 Å². The molecular weight excluding hydrogens is 303 g/mol. The van der Waals surface area contributed by atoms with Gasteiger partial charge in [-0.05, 0) is 48.6 Å². The molecule has 0 amide bonds. The molecule has 0 saturated carbocycles. The van der Waals surface area contributed by atoms with Crippen LogP contribution in [-0.4, -0.2) is 21.1 Å². The smallest absolute Gasteiger partial charge is 0.216 e. The number of furan rings is 1. The monoisotopic (exact) mass is 314 g/mol. The minimum atomic E-state index is -0.390. The van der Waals surface area contributed by atoms with Gasteiger partial charge in [0.1, 0.15) is 11.6 Å². The molecule has 22 heavy (non-hydrogen) atoms. The van der Waals surface area contributed by atoms with Crippen LogP contribution >= 0.6 is 12.2 Å². The van der Waals surface area contributed by atoms with E-state index in [0.717, 1.165) is 0 Å². The van der Waals surface area contributed by atoms with Crippen LogP contribution < -0.4 is 0 Å². The minimum absolute atomic E-state index is 0.279. The molecule has 1 N–H and O–H groups in total. The van der Waals surface area contributed by atoms with Gasteiger partial charge in [-0.1, -0.05) is 12.1 Å². The quantitative estimate of drug-likeness (QED) is 0.587. The fourth-order valence-corrected chi connectivity index (χ4v) is 2.02. The molecule has 1 aromatic carbocycles. The zero-order valence-electron chi connectivity index (χ0n) is 11.3. The van der Waals surface area contributed by atoms with Gasteiger partial charge in [0.05, 0.1) is 11.8 Å². The van der Waals surface area contributed by atoms with Gasteiger partial charge in [-0.15, -0.1) is 0 Å². The molecule has 0 fully saturated rings. The third-order valence-corrected chi connectivity index (χ3v) is 3.10.